The van der Waals surface area contributed by atoms with E-state index in [1.807, 2.05) is 54.5 Å². The van der Waals surface area contributed by atoms with Crippen LogP contribution >= 0.6 is 11.6 Å². The molecule has 0 saturated heterocycles. The number of hydrazine groups is 1. The molecule has 23 heavy (non-hydrogen) atoms. The summed E-state index contributed by atoms with van der Waals surface area (Å²) in [5.74, 6) is 1.58. The number of rotatable bonds is 5. The highest BCUT2D eigenvalue weighted by Crippen LogP contribution is 2.31. The van der Waals surface area contributed by atoms with E-state index in [0.29, 0.717) is 18.3 Å². The van der Waals surface area contributed by atoms with Gasteiger partial charge < -0.3 is 15.4 Å². The molecular formula is C16H20ClN5O. The van der Waals surface area contributed by atoms with Gasteiger partial charge in [0.2, 0.25) is 0 Å². The van der Waals surface area contributed by atoms with Gasteiger partial charge in [-0.25, -0.2) is 4.99 Å². The molecule has 2 aliphatic rings. The van der Waals surface area contributed by atoms with Crippen LogP contribution in [0.25, 0.3) is 0 Å². The number of nitrogens with one attached hydrogen (secondary N) is 1. The number of fused-ring (bicyclic) bond motifs is 1. The van der Waals surface area contributed by atoms with E-state index in [-0.39, 0.29) is 0 Å². The Morgan fingerprint density at radius 1 is 1.35 bits per heavy atom. The van der Waals surface area contributed by atoms with Gasteiger partial charge in [-0.2, -0.15) is 0 Å². The highest BCUT2D eigenvalue weighted by molar-refractivity contribution is 6.31. The van der Waals surface area contributed by atoms with Crippen LogP contribution in [-0.2, 0) is 0 Å². The first-order chi connectivity index (χ1) is 11.1. The van der Waals surface area contributed by atoms with Crippen molar-refractivity contribution < 1.29 is 4.74 Å². The highest BCUT2D eigenvalue weighted by Gasteiger charge is 2.29. The molecule has 122 valence electrons. The predicted octanol–water partition coefficient (Wildman–Crippen LogP) is 1.81. The van der Waals surface area contributed by atoms with Crippen molar-refractivity contribution in [1.29, 1.82) is 0 Å². The Balaban J connectivity index is 1.88. The van der Waals surface area contributed by atoms with E-state index >= 15 is 0 Å². The molecule has 3 rings (SSSR count). The zero-order valence-electron chi connectivity index (χ0n) is 13.2. The van der Waals surface area contributed by atoms with E-state index in [1.54, 1.807) is 0 Å². The fraction of sp³-hybridized carbons (Fsp3) is 0.312. The van der Waals surface area contributed by atoms with Crippen molar-refractivity contribution in [3.8, 4) is 5.75 Å². The largest absolute Gasteiger partial charge is 0.494 e. The summed E-state index contributed by atoms with van der Waals surface area (Å²) in [6.07, 6.45) is 2.81. The number of nitrogens with two attached hydrogens (primary N) is 1. The van der Waals surface area contributed by atoms with Gasteiger partial charge in [0.15, 0.2) is 5.16 Å². The highest BCUT2D eigenvalue weighted by atomic mass is 35.5. The summed E-state index contributed by atoms with van der Waals surface area (Å²) in [6, 6.07) is 7.83. The number of hydrogen-bond donors (Lipinski definition) is 2. The number of likely N-dealkylation sites (N-methyl/N-ethyl adjacent to an activating group) is 1. The van der Waals surface area contributed by atoms with Gasteiger partial charge >= 0.3 is 0 Å². The van der Waals surface area contributed by atoms with Crippen LogP contribution in [0.4, 0.5) is 0 Å². The lowest BCUT2D eigenvalue weighted by Crippen LogP contribution is -2.32. The van der Waals surface area contributed by atoms with Gasteiger partial charge in [-0.05, 0) is 25.1 Å². The second-order valence-electron chi connectivity index (χ2n) is 5.42. The molecule has 0 spiro atoms. The SMILES string of the molecule is CN1C=C2C(=C(Cl)N=C(c3cccc(OCCCN)c3)N2C)N1. The van der Waals surface area contributed by atoms with Crippen molar-refractivity contribution >= 4 is 17.4 Å². The Labute approximate surface area is 140 Å². The maximum Gasteiger partial charge on any atom is 0.158 e. The van der Waals surface area contributed by atoms with Gasteiger partial charge in [-0.3, -0.25) is 10.4 Å². The fourth-order valence-corrected chi connectivity index (χ4v) is 2.73. The lowest BCUT2D eigenvalue weighted by Gasteiger charge is -2.27. The Morgan fingerprint density at radius 2 is 2.17 bits per heavy atom. The minimum absolute atomic E-state index is 0.447. The number of halogens is 1. The minimum Gasteiger partial charge on any atom is -0.494 e. The number of nitrogens with zero attached hydrogens (tertiary/aromatic N) is 3. The summed E-state index contributed by atoms with van der Waals surface area (Å²) in [5, 5.41) is 2.30. The van der Waals surface area contributed by atoms with Gasteiger partial charge in [-0.15, -0.1) is 0 Å². The molecule has 0 aromatic heterocycles. The molecule has 2 aliphatic heterocycles. The molecule has 0 bridgehead atoms. The molecule has 0 aliphatic carbocycles. The number of hydrogen-bond acceptors (Lipinski definition) is 6. The topological polar surface area (TPSA) is 66.1 Å². The third kappa shape index (κ3) is 3.13. The van der Waals surface area contributed by atoms with Gasteiger partial charge in [0, 0.05) is 25.9 Å². The van der Waals surface area contributed by atoms with Crippen molar-refractivity contribution in [2.45, 2.75) is 6.42 Å². The summed E-state index contributed by atoms with van der Waals surface area (Å²) in [7, 11) is 3.89. The molecule has 1 aromatic carbocycles. The molecule has 1 aromatic rings. The summed E-state index contributed by atoms with van der Waals surface area (Å²) in [4.78, 5) is 6.54. The second kappa shape index (κ2) is 6.52. The number of ether oxygens (including phenoxy) is 1. The maximum atomic E-state index is 6.33. The minimum atomic E-state index is 0.447. The van der Waals surface area contributed by atoms with Crippen molar-refractivity contribution in [2.75, 3.05) is 27.2 Å². The van der Waals surface area contributed by atoms with Gasteiger partial charge in [0.25, 0.3) is 0 Å². The third-order valence-corrected chi connectivity index (χ3v) is 3.93. The Hall–Kier alpha value is -2.18. The Morgan fingerprint density at radius 3 is 2.96 bits per heavy atom. The first kappa shape index (κ1) is 15.7. The van der Waals surface area contributed by atoms with Gasteiger partial charge in [0.05, 0.1) is 12.3 Å². The molecule has 0 amide bonds. The summed E-state index contributed by atoms with van der Waals surface area (Å²) in [5.41, 5.74) is 11.4. The monoisotopic (exact) mass is 333 g/mol. The third-order valence-electron chi connectivity index (χ3n) is 3.66. The lowest BCUT2D eigenvalue weighted by molar-refractivity contribution is 0.313. The summed E-state index contributed by atoms with van der Waals surface area (Å²) >= 11 is 6.33. The van der Waals surface area contributed by atoms with E-state index in [0.717, 1.165) is 35.0 Å². The average molecular weight is 334 g/mol. The molecule has 2 heterocycles. The Bertz CT molecular complexity index is 697. The molecular weight excluding hydrogens is 314 g/mol. The van der Waals surface area contributed by atoms with Crippen LogP contribution in [0.2, 0.25) is 0 Å². The van der Waals surface area contributed by atoms with Crippen LogP contribution < -0.4 is 15.9 Å². The predicted molar refractivity (Wildman–Crippen MR) is 91.8 cm³/mol. The summed E-state index contributed by atoms with van der Waals surface area (Å²) in [6.45, 7) is 1.22. The van der Waals surface area contributed by atoms with Crippen LogP contribution in [0, 0.1) is 0 Å². The van der Waals surface area contributed by atoms with E-state index in [1.165, 1.54) is 0 Å². The molecule has 7 heteroatoms. The molecule has 0 fully saturated rings. The lowest BCUT2D eigenvalue weighted by atomic mass is 10.1. The summed E-state index contributed by atoms with van der Waals surface area (Å²) < 4.78 is 5.71. The van der Waals surface area contributed by atoms with Crippen LogP contribution in [0.1, 0.15) is 12.0 Å². The standard InChI is InChI=1S/C16H20ClN5O/c1-21-10-13-14(20-21)15(17)19-16(22(13)2)11-5-3-6-12(9-11)23-8-4-7-18/h3,5-6,9-10,20H,4,7-8,18H2,1-2H3. The average Bonchev–Trinajstić information content (AvgIpc) is 2.94. The van der Waals surface area contributed by atoms with Crippen molar-refractivity contribution in [1.82, 2.24) is 15.3 Å². The first-order valence-electron chi connectivity index (χ1n) is 7.47. The van der Waals surface area contributed by atoms with E-state index in [2.05, 4.69) is 10.4 Å². The molecule has 3 N–H and O–H groups in total. The van der Waals surface area contributed by atoms with Crippen LogP contribution in [-0.4, -0.2) is 43.0 Å². The van der Waals surface area contributed by atoms with Gasteiger partial charge in [0.1, 0.15) is 17.3 Å². The van der Waals surface area contributed by atoms with Crippen LogP contribution in [0.3, 0.4) is 0 Å². The van der Waals surface area contributed by atoms with Crippen molar-refractivity contribution in [3.05, 3.63) is 52.6 Å². The van der Waals surface area contributed by atoms with E-state index in [9.17, 15) is 0 Å². The molecule has 0 unspecified atom stereocenters. The van der Waals surface area contributed by atoms with Crippen molar-refractivity contribution in [2.24, 2.45) is 10.7 Å². The van der Waals surface area contributed by atoms with E-state index in [4.69, 9.17) is 22.1 Å². The zero-order chi connectivity index (χ0) is 16.4. The second-order valence-corrected chi connectivity index (χ2v) is 5.77. The first-order valence-corrected chi connectivity index (χ1v) is 7.85. The maximum absolute atomic E-state index is 6.33. The fourth-order valence-electron chi connectivity index (χ4n) is 2.51. The van der Waals surface area contributed by atoms with Crippen molar-refractivity contribution in [3.63, 3.8) is 0 Å². The van der Waals surface area contributed by atoms with Crippen LogP contribution in [0.15, 0.2) is 52.0 Å². The van der Waals surface area contributed by atoms with Crippen LogP contribution in [0.5, 0.6) is 5.75 Å². The quantitative estimate of drug-likeness (QED) is 0.635. The Kier molecular flexibility index (Phi) is 4.45. The number of aliphatic imine (C=N–C) groups is 1. The van der Waals surface area contributed by atoms with Gasteiger partial charge in [-0.1, -0.05) is 23.7 Å². The normalized spacial score (nSPS) is 16.9. The number of amidine groups is 1. The van der Waals surface area contributed by atoms with E-state index < -0.39 is 0 Å². The molecule has 0 radical (unpaired) electrons. The zero-order valence-corrected chi connectivity index (χ0v) is 14.0. The molecule has 6 nitrogen and oxygen atoms in total. The molecule has 0 atom stereocenters. The smallest absolute Gasteiger partial charge is 0.158 e. The molecule has 0 saturated carbocycles. The number of benzene rings is 1.